The van der Waals surface area contributed by atoms with Crippen LogP contribution in [0.1, 0.15) is 149 Å². The SMILES string of the molecule is CC/C=C\C/C=C\C/C=C\C/C=C\C/C=C\C/C=C\C/C=C\C/C=C\C/C=C\C/C=C\CCCCCCC(=O)NC(COC1OC(CO)C(O)C(O)C1O)C(O)/C=C/CC/C=C/CC/C=C/CC. The topological polar surface area (TPSA) is 149 Å². The predicted octanol–water partition coefficient (Wildman–Crippen LogP) is 12.1. The van der Waals surface area contributed by atoms with Crippen molar-refractivity contribution in [3.8, 4) is 0 Å². The van der Waals surface area contributed by atoms with Gasteiger partial charge in [0, 0.05) is 6.42 Å². The first kappa shape index (κ1) is 61.8. The Bertz CT molecular complexity index is 1610. The highest BCUT2D eigenvalue weighted by Crippen LogP contribution is 2.22. The second kappa shape index (κ2) is 46.5. The molecule has 9 heteroatoms. The van der Waals surface area contributed by atoms with Crippen molar-refractivity contribution in [2.24, 2.45) is 0 Å². The lowest BCUT2D eigenvalue weighted by Crippen LogP contribution is -2.60. The number of amides is 1. The van der Waals surface area contributed by atoms with Gasteiger partial charge >= 0.3 is 0 Å². The maximum atomic E-state index is 13.0. The Kier molecular flexibility index (Phi) is 42.3. The van der Waals surface area contributed by atoms with Gasteiger partial charge in [0.25, 0.3) is 0 Å². The Hall–Kier alpha value is -4.19. The first-order chi connectivity index (χ1) is 33.3. The second-order valence-corrected chi connectivity index (χ2v) is 16.8. The van der Waals surface area contributed by atoms with Crippen LogP contribution in [0.4, 0.5) is 0 Å². The van der Waals surface area contributed by atoms with Crippen molar-refractivity contribution in [1.29, 1.82) is 0 Å². The number of aliphatic hydroxyl groups excluding tert-OH is 5. The number of aliphatic hydroxyl groups is 5. The number of unbranched alkanes of at least 4 members (excludes halogenated alkanes) is 6. The van der Waals surface area contributed by atoms with Crippen LogP contribution in [0.3, 0.4) is 0 Å². The monoisotopic (exact) mass is 942 g/mol. The summed E-state index contributed by atoms with van der Waals surface area (Å²) in [6, 6.07) is -0.852. The van der Waals surface area contributed by atoms with Crippen molar-refractivity contribution in [3.05, 3.63) is 158 Å². The van der Waals surface area contributed by atoms with Crippen LogP contribution in [0.25, 0.3) is 0 Å². The number of carbonyl (C=O) groups excluding carboxylic acids is 1. The zero-order valence-corrected chi connectivity index (χ0v) is 41.8. The predicted molar refractivity (Wildman–Crippen MR) is 285 cm³/mol. The van der Waals surface area contributed by atoms with Crippen molar-refractivity contribution in [1.82, 2.24) is 5.32 Å². The highest BCUT2D eigenvalue weighted by molar-refractivity contribution is 5.76. The molecule has 380 valence electrons. The Labute approximate surface area is 412 Å². The number of ether oxygens (including phenoxy) is 2. The lowest BCUT2D eigenvalue weighted by molar-refractivity contribution is -0.302. The van der Waals surface area contributed by atoms with Crippen molar-refractivity contribution >= 4 is 5.91 Å². The van der Waals surface area contributed by atoms with Crippen LogP contribution in [0.2, 0.25) is 0 Å². The van der Waals surface area contributed by atoms with Crippen molar-refractivity contribution in [2.45, 2.75) is 192 Å². The quantitative estimate of drug-likeness (QED) is 0.0263. The van der Waals surface area contributed by atoms with Gasteiger partial charge in [0.2, 0.25) is 5.91 Å². The van der Waals surface area contributed by atoms with Crippen molar-refractivity contribution < 1.29 is 39.8 Å². The first-order valence-electron chi connectivity index (χ1n) is 25.7. The van der Waals surface area contributed by atoms with Crippen LogP contribution in [0, 0.1) is 0 Å². The lowest BCUT2D eigenvalue weighted by atomic mass is 9.99. The summed E-state index contributed by atoms with van der Waals surface area (Å²) in [5.74, 6) is -0.227. The second-order valence-electron chi connectivity index (χ2n) is 16.8. The molecule has 1 aliphatic rings. The van der Waals surface area contributed by atoms with E-state index in [4.69, 9.17) is 9.47 Å². The number of hydrogen-bond acceptors (Lipinski definition) is 8. The molecule has 1 rings (SSSR count). The van der Waals surface area contributed by atoms with E-state index >= 15 is 0 Å². The summed E-state index contributed by atoms with van der Waals surface area (Å²) in [6.45, 7) is 3.46. The molecular formula is C59H91NO8. The maximum absolute atomic E-state index is 13.0. The Morgan fingerprint density at radius 1 is 0.500 bits per heavy atom. The molecule has 0 radical (unpaired) electrons. The molecular weight excluding hydrogens is 851 g/mol. The molecule has 1 aliphatic heterocycles. The minimum atomic E-state index is -1.59. The molecule has 0 aromatic rings. The highest BCUT2D eigenvalue weighted by Gasteiger charge is 2.44. The van der Waals surface area contributed by atoms with E-state index in [-0.39, 0.29) is 12.5 Å². The number of carbonyl (C=O) groups is 1. The van der Waals surface area contributed by atoms with Gasteiger partial charge in [0.15, 0.2) is 6.29 Å². The largest absolute Gasteiger partial charge is 0.394 e. The van der Waals surface area contributed by atoms with Gasteiger partial charge in [-0.2, -0.15) is 0 Å². The molecule has 0 bridgehead atoms. The third kappa shape index (κ3) is 35.9. The zero-order chi connectivity index (χ0) is 49.4. The molecule has 1 heterocycles. The van der Waals surface area contributed by atoms with E-state index in [1.807, 2.05) is 6.08 Å². The van der Waals surface area contributed by atoms with E-state index in [9.17, 15) is 30.3 Å². The lowest BCUT2D eigenvalue weighted by Gasteiger charge is -2.40. The highest BCUT2D eigenvalue weighted by atomic mass is 16.7. The summed E-state index contributed by atoms with van der Waals surface area (Å²) in [5.41, 5.74) is 0. The molecule has 0 aliphatic carbocycles. The molecule has 7 unspecified atom stereocenters. The molecule has 7 atom stereocenters. The smallest absolute Gasteiger partial charge is 0.220 e. The van der Waals surface area contributed by atoms with Gasteiger partial charge < -0.3 is 40.3 Å². The molecule has 0 aromatic heterocycles. The van der Waals surface area contributed by atoms with Crippen molar-refractivity contribution in [3.63, 3.8) is 0 Å². The Morgan fingerprint density at radius 3 is 1.34 bits per heavy atom. The molecule has 1 fully saturated rings. The average Bonchev–Trinajstić information content (AvgIpc) is 3.34. The minimum absolute atomic E-state index is 0.227. The van der Waals surface area contributed by atoms with Gasteiger partial charge in [0.05, 0.1) is 25.4 Å². The van der Waals surface area contributed by atoms with Gasteiger partial charge in [-0.15, -0.1) is 0 Å². The Balaban J connectivity index is 2.24. The standard InChI is InChI=1S/C59H91NO8/c1-3-5-7-9-11-13-15-16-17-18-19-20-21-22-23-24-25-26-27-28-29-30-31-32-33-34-35-36-37-38-39-41-43-45-47-49-55(63)60-52(51-67-59-58(66)57(65)56(64)54(50-61)68-59)53(62)48-46-44-42-40-14-12-10-8-6-4-2/h5-8,11,13-14,16-17,19-20,22-23,25-26,28-29,31-32,34-35,37-38,40,46,48,52-54,56-59,61-62,64-66H,3-4,9-10,12,15,18,21,24,27,30,33,36,39,41-45,47,49-51H2,1-2H3,(H,60,63)/b7-5-,8-6+,13-11-,17-16-,20-19-,23-22-,26-25-,29-28-,32-31-,35-34-,38-37-,40-14+,48-46+. The number of nitrogens with one attached hydrogen (secondary N) is 1. The molecule has 1 saturated heterocycles. The van der Waals surface area contributed by atoms with Crippen molar-refractivity contribution in [2.75, 3.05) is 13.2 Å². The van der Waals surface area contributed by atoms with Gasteiger partial charge in [-0.1, -0.05) is 185 Å². The molecule has 0 aromatic carbocycles. The van der Waals surface area contributed by atoms with E-state index in [1.54, 1.807) is 6.08 Å². The summed E-state index contributed by atoms with van der Waals surface area (Å²) >= 11 is 0. The number of rotatable bonds is 40. The molecule has 0 saturated carbocycles. The minimum Gasteiger partial charge on any atom is -0.394 e. The fourth-order valence-corrected chi connectivity index (χ4v) is 6.81. The third-order valence-corrected chi connectivity index (χ3v) is 10.8. The van der Waals surface area contributed by atoms with Crippen LogP contribution in [0.15, 0.2) is 158 Å². The molecule has 0 spiro atoms. The molecule has 68 heavy (non-hydrogen) atoms. The van der Waals surface area contributed by atoms with Crippen LogP contribution >= 0.6 is 0 Å². The average molecular weight is 942 g/mol. The van der Waals surface area contributed by atoms with Gasteiger partial charge in [0.1, 0.15) is 24.4 Å². The van der Waals surface area contributed by atoms with Crippen LogP contribution < -0.4 is 5.32 Å². The summed E-state index contributed by atoms with van der Waals surface area (Å²) in [6.07, 6.45) is 67.4. The van der Waals surface area contributed by atoms with E-state index in [0.29, 0.717) is 19.3 Å². The fraction of sp³-hybridized carbons (Fsp3) is 0.542. The van der Waals surface area contributed by atoms with Crippen LogP contribution in [-0.4, -0.2) is 87.5 Å². The van der Waals surface area contributed by atoms with E-state index < -0.39 is 49.5 Å². The normalized spacial score (nSPS) is 21.0. The number of hydrogen-bond donors (Lipinski definition) is 6. The number of allylic oxidation sites excluding steroid dienone is 25. The summed E-state index contributed by atoms with van der Waals surface area (Å²) < 4.78 is 11.2. The zero-order valence-electron chi connectivity index (χ0n) is 41.8. The van der Waals surface area contributed by atoms with Crippen LogP contribution in [0.5, 0.6) is 0 Å². The van der Waals surface area contributed by atoms with E-state index in [2.05, 4.69) is 165 Å². The summed E-state index contributed by atoms with van der Waals surface area (Å²) in [4.78, 5) is 13.0. The van der Waals surface area contributed by atoms with E-state index in [1.165, 1.54) is 0 Å². The molecule has 6 N–H and O–H groups in total. The summed E-state index contributed by atoms with van der Waals surface area (Å²) in [7, 11) is 0. The summed E-state index contributed by atoms with van der Waals surface area (Å²) in [5, 5.41) is 54.1. The molecule has 9 nitrogen and oxygen atoms in total. The van der Waals surface area contributed by atoms with Gasteiger partial charge in [-0.05, 0) is 116 Å². The first-order valence-corrected chi connectivity index (χ1v) is 25.7. The maximum Gasteiger partial charge on any atom is 0.220 e. The Morgan fingerprint density at radius 2 is 0.882 bits per heavy atom. The van der Waals surface area contributed by atoms with Gasteiger partial charge in [-0.3, -0.25) is 4.79 Å². The molecule has 1 amide bonds. The fourth-order valence-electron chi connectivity index (χ4n) is 6.81. The van der Waals surface area contributed by atoms with Gasteiger partial charge in [-0.25, -0.2) is 0 Å². The third-order valence-electron chi connectivity index (χ3n) is 10.8. The van der Waals surface area contributed by atoms with Crippen LogP contribution in [-0.2, 0) is 14.3 Å². The van der Waals surface area contributed by atoms with E-state index in [0.717, 1.165) is 116 Å².